The molecule has 4 amide bonds. The van der Waals surface area contributed by atoms with Gasteiger partial charge in [0.1, 0.15) is 29.0 Å². The number of fused-ring (bicyclic) bond motifs is 5. The van der Waals surface area contributed by atoms with Gasteiger partial charge in [0.2, 0.25) is 21.8 Å². The summed E-state index contributed by atoms with van der Waals surface area (Å²) in [6.07, 6.45) is 8.30. The Balaban J connectivity index is 1.25. The molecule has 1 spiro atoms. The van der Waals surface area contributed by atoms with E-state index in [4.69, 9.17) is 9.47 Å². The van der Waals surface area contributed by atoms with Crippen LogP contribution in [0, 0.1) is 30.4 Å². The van der Waals surface area contributed by atoms with Crippen LogP contribution >= 0.6 is 0 Å². The minimum atomic E-state index is -4.04. The molecule has 0 unspecified atom stereocenters. The molecule has 16 heteroatoms. The number of rotatable bonds is 6. The molecule has 56 heavy (non-hydrogen) atoms. The Morgan fingerprint density at radius 3 is 2.54 bits per heavy atom. The second-order valence-corrected chi connectivity index (χ2v) is 19.2. The third kappa shape index (κ3) is 7.45. The Bertz CT molecular complexity index is 2090. The van der Waals surface area contributed by atoms with Gasteiger partial charge in [-0.3, -0.25) is 19.1 Å². The molecule has 3 N–H and O–H groups in total. The van der Waals surface area contributed by atoms with Crippen molar-refractivity contribution in [3.8, 4) is 5.75 Å². The Morgan fingerprint density at radius 1 is 1.09 bits per heavy atom. The van der Waals surface area contributed by atoms with Crippen LogP contribution in [0.1, 0.15) is 103 Å². The first-order valence-electron chi connectivity index (χ1n) is 19.7. The number of aromatic nitrogens is 1. The van der Waals surface area contributed by atoms with Crippen molar-refractivity contribution in [1.29, 1.82) is 0 Å². The average Bonchev–Trinajstić information content (AvgIpc) is 3.80. The van der Waals surface area contributed by atoms with Crippen LogP contribution in [0.3, 0.4) is 0 Å². The van der Waals surface area contributed by atoms with Crippen LogP contribution in [-0.2, 0) is 35.6 Å². The molecule has 1 aromatic carbocycles. The van der Waals surface area contributed by atoms with Gasteiger partial charge in [-0.15, -0.1) is 0 Å². The summed E-state index contributed by atoms with van der Waals surface area (Å²) in [4.78, 5) is 62.4. The Morgan fingerprint density at radius 2 is 1.84 bits per heavy atom. The van der Waals surface area contributed by atoms with E-state index in [1.165, 1.54) is 4.90 Å². The van der Waals surface area contributed by atoms with Gasteiger partial charge in [-0.25, -0.2) is 27.0 Å². The third-order valence-electron chi connectivity index (χ3n) is 12.3. The van der Waals surface area contributed by atoms with E-state index in [-0.39, 0.29) is 43.8 Å². The molecule has 0 radical (unpaired) electrons. The van der Waals surface area contributed by atoms with Gasteiger partial charge >= 0.3 is 6.09 Å². The van der Waals surface area contributed by atoms with Crippen LogP contribution in [0.4, 0.5) is 13.6 Å². The fourth-order valence-electron chi connectivity index (χ4n) is 8.49. The number of halogens is 2. The zero-order valence-electron chi connectivity index (χ0n) is 32.3. The highest BCUT2D eigenvalue weighted by atomic mass is 32.2. The molecule has 3 aliphatic heterocycles. The topological polar surface area (TPSA) is 173 Å². The van der Waals surface area contributed by atoms with Crippen LogP contribution in [0.25, 0.3) is 10.9 Å². The molecule has 1 aromatic heterocycles. The number of benzene rings is 1. The summed E-state index contributed by atoms with van der Waals surface area (Å²) in [5, 5.41) is 6.09. The number of alkyl carbamates (subject to hydrolysis) is 1. The van der Waals surface area contributed by atoms with E-state index >= 15 is 0 Å². The average molecular weight is 800 g/mol. The number of carbonyl (C=O) groups is 4. The molecular formula is C40H51F2N5O8S. The molecule has 304 valence electrons. The number of amides is 4. The van der Waals surface area contributed by atoms with Crippen molar-refractivity contribution in [2.24, 2.45) is 11.8 Å². The monoisotopic (exact) mass is 799 g/mol. The Hall–Kier alpha value is -4.34. The molecule has 13 nitrogen and oxygen atoms in total. The number of sulfonamides is 1. The predicted octanol–water partition coefficient (Wildman–Crippen LogP) is 5.02. The molecule has 2 saturated carbocycles. The summed E-state index contributed by atoms with van der Waals surface area (Å²) in [7, 11) is -4.04. The fourth-order valence-corrected chi connectivity index (χ4v) is 9.80. The van der Waals surface area contributed by atoms with Crippen molar-refractivity contribution in [3.63, 3.8) is 0 Å². The molecule has 1 saturated heterocycles. The normalized spacial score (nSPS) is 29.4. The fraction of sp³-hybridized carbons (Fsp3) is 0.625. The largest absolute Gasteiger partial charge is 0.483 e. The summed E-state index contributed by atoms with van der Waals surface area (Å²) in [5.41, 5.74) is -1.38. The molecule has 2 aromatic rings. The maximum atomic E-state index is 14.7. The van der Waals surface area contributed by atoms with Gasteiger partial charge in [0, 0.05) is 29.4 Å². The van der Waals surface area contributed by atoms with Gasteiger partial charge in [0.15, 0.2) is 11.6 Å². The van der Waals surface area contributed by atoms with Gasteiger partial charge in [-0.1, -0.05) is 38.8 Å². The third-order valence-corrected chi connectivity index (χ3v) is 14.5. The molecule has 2 aliphatic carbocycles. The zero-order chi connectivity index (χ0) is 40.2. The first kappa shape index (κ1) is 39.9. The summed E-state index contributed by atoms with van der Waals surface area (Å²) >= 11 is 0. The summed E-state index contributed by atoms with van der Waals surface area (Å²) in [6, 6.07) is -0.0839. The predicted molar refractivity (Wildman–Crippen MR) is 202 cm³/mol. The zero-order valence-corrected chi connectivity index (χ0v) is 33.2. The number of nitrogens with zero attached hydrogens (tertiary/aromatic N) is 2. The molecule has 7 rings (SSSR count). The smallest absolute Gasteiger partial charge is 0.407 e. The molecule has 5 atom stereocenters. The van der Waals surface area contributed by atoms with Gasteiger partial charge in [0.05, 0.1) is 29.1 Å². The van der Waals surface area contributed by atoms with Gasteiger partial charge in [-0.2, -0.15) is 0 Å². The van der Waals surface area contributed by atoms with Crippen LogP contribution in [0.5, 0.6) is 5.75 Å². The number of carbonyl (C=O) groups excluding carboxylic acids is 4. The summed E-state index contributed by atoms with van der Waals surface area (Å²) < 4.78 is 68.5. The maximum Gasteiger partial charge on any atom is 0.407 e. The van der Waals surface area contributed by atoms with Crippen LogP contribution < -0.4 is 20.1 Å². The SMILES string of the molecule is Cc1nc2cc(F)c(F)cc2c2c1O[C@]1(CC2)C[C@H]2C(=O)N[C@]3(C(=O)NS(=O)(=O)C4(C)CC4)CC[C@H]3/C=C\CCCCC[C@H](NC(=O)OCC(C)C)C(=O)N2C1. The second kappa shape index (κ2) is 14.9. The van der Waals surface area contributed by atoms with Crippen LogP contribution in [-0.4, -0.2) is 83.2 Å². The van der Waals surface area contributed by atoms with Gasteiger partial charge < -0.3 is 25.0 Å². The maximum absolute atomic E-state index is 14.7. The number of ether oxygens (including phenoxy) is 2. The first-order chi connectivity index (χ1) is 26.5. The van der Waals surface area contributed by atoms with Crippen molar-refractivity contribution in [2.45, 2.75) is 133 Å². The highest BCUT2D eigenvalue weighted by Gasteiger charge is 2.59. The quantitative estimate of drug-likeness (QED) is 0.340. The molecule has 0 bridgehead atoms. The van der Waals surface area contributed by atoms with Gasteiger partial charge in [-0.05, 0) is 83.6 Å². The van der Waals surface area contributed by atoms with Crippen LogP contribution in [0.15, 0.2) is 24.3 Å². The number of hydrogen-bond donors (Lipinski definition) is 3. The van der Waals surface area contributed by atoms with Crippen molar-refractivity contribution >= 4 is 44.7 Å². The standard InChI is InChI=1S/C40H51F2N5O8S/c1-23(2)21-54-37(51)44-30-11-9-7-5-6-8-10-25-12-15-40(25,36(50)46-56(52,53)38(4)16-17-38)45-34(48)32-20-39(22-47(32)35(30)49)14-13-26-27-18-28(41)29(42)19-31(27)43-24(3)33(26)55-39/h8,10,18-19,23,25,30,32H,5-7,9,11-17,20-22H2,1-4H3,(H,44,51)(H,45,48)(H,46,50)/b10-8-/t25-,30+,32+,39-,40-/m1/s1. The van der Waals surface area contributed by atoms with Gasteiger partial charge in [0.25, 0.3) is 5.91 Å². The highest BCUT2D eigenvalue weighted by molar-refractivity contribution is 7.91. The van der Waals surface area contributed by atoms with Crippen molar-refractivity contribution in [3.05, 3.63) is 47.2 Å². The van der Waals surface area contributed by atoms with Crippen molar-refractivity contribution in [2.75, 3.05) is 13.2 Å². The second-order valence-electron chi connectivity index (χ2n) is 17.0. The van der Waals surface area contributed by atoms with Crippen molar-refractivity contribution in [1.82, 2.24) is 25.2 Å². The van der Waals surface area contributed by atoms with E-state index in [0.717, 1.165) is 25.0 Å². The number of hydrogen-bond acceptors (Lipinski definition) is 9. The lowest BCUT2D eigenvalue weighted by Gasteiger charge is -2.48. The number of aryl methyl sites for hydroxylation is 2. The van der Waals surface area contributed by atoms with Crippen LogP contribution in [0.2, 0.25) is 0 Å². The number of allylic oxidation sites excluding steroid dienone is 1. The van der Waals surface area contributed by atoms with E-state index in [1.54, 1.807) is 13.8 Å². The van der Waals surface area contributed by atoms with Crippen molar-refractivity contribution < 1.29 is 45.9 Å². The Kier molecular flexibility index (Phi) is 10.6. The van der Waals surface area contributed by atoms with E-state index in [1.807, 2.05) is 26.0 Å². The lowest BCUT2D eigenvalue weighted by molar-refractivity contribution is -0.144. The lowest BCUT2D eigenvalue weighted by Crippen LogP contribution is -2.70. The minimum absolute atomic E-state index is 0.00163. The summed E-state index contributed by atoms with van der Waals surface area (Å²) in [5.74, 6) is -4.12. The lowest BCUT2D eigenvalue weighted by atomic mass is 9.65. The van der Waals surface area contributed by atoms with E-state index in [0.29, 0.717) is 67.3 Å². The van der Waals surface area contributed by atoms with E-state index in [9.17, 15) is 36.4 Å². The molecule has 5 aliphatic rings. The first-order valence-corrected chi connectivity index (χ1v) is 21.2. The molecule has 4 heterocycles. The highest BCUT2D eigenvalue weighted by Crippen LogP contribution is 2.47. The van der Waals surface area contributed by atoms with E-state index < -0.39 is 79.4 Å². The number of pyridine rings is 1. The number of nitrogens with one attached hydrogen (secondary N) is 3. The Labute approximate surface area is 325 Å². The molecular weight excluding hydrogens is 749 g/mol. The minimum Gasteiger partial charge on any atom is -0.483 e. The van der Waals surface area contributed by atoms with E-state index in [2.05, 4.69) is 20.3 Å². The summed E-state index contributed by atoms with van der Waals surface area (Å²) in [6.45, 7) is 7.13. The molecule has 3 fully saturated rings.